The van der Waals surface area contributed by atoms with Crippen LogP contribution in [0.2, 0.25) is 0 Å². The molecule has 0 radical (unpaired) electrons. The third kappa shape index (κ3) is 10.2. The highest BCUT2D eigenvalue weighted by atomic mass is 16.5. The minimum Gasteiger partial charge on any atom is -0.507 e. The van der Waals surface area contributed by atoms with Crippen LogP contribution in [0.1, 0.15) is 71.4 Å². The Bertz CT molecular complexity index is 916. The number of methoxy groups -OCH3 is 1. The second-order valence-corrected chi connectivity index (χ2v) is 9.22. The smallest absolute Gasteiger partial charge is 0.167 e. The highest BCUT2D eigenvalue weighted by Crippen LogP contribution is 2.28. The molecule has 1 aromatic rings. The minimum atomic E-state index is -1.04. The molecule has 0 saturated heterocycles. The van der Waals surface area contributed by atoms with Crippen molar-refractivity contribution in [2.24, 2.45) is 5.92 Å². The van der Waals surface area contributed by atoms with Gasteiger partial charge in [0.1, 0.15) is 17.6 Å². The van der Waals surface area contributed by atoms with Crippen molar-refractivity contribution < 1.29 is 24.5 Å². The molecule has 0 saturated carbocycles. The molecule has 0 amide bonds. The first-order valence-electron chi connectivity index (χ1n) is 11.5. The fourth-order valence-corrected chi connectivity index (χ4v) is 3.64. The van der Waals surface area contributed by atoms with Crippen molar-refractivity contribution in [3.8, 4) is 11.5 Å². The van der Waals surface area contributed by atoms with Gasteiger partial charge in [-0.2, -0.15) is 0 Å². The number of benzene rings is 1. The van der Waals surface area contributed by atoms with E-state index in [-0.39, 0.29) is 23.2 Å². The maximum absolute atomic E-state index is 12.4. The molecule has 0 aromatic heterocycles. The second-order valence-electron chi connectivity index (χ2n) is 9.22. The van der Waals surface area contributed by atoms with Gasteiger partial charge < -0.3 is 14.9 Å². The Labute approximate surface area is 198 Å². The number of aryl methyl sites for hydroxylation is 1. The molecule has 5 nitrogen and oxygen atoms in total. The number of ether oxygens (including phenoxy) is 1. The third-order valence-corrected chi connectivity index (χ3v) is 5.60. The first-order chi connectivity index (χ1) is 15.4. The van der Waals surface area contributed by atoms with Gasteiger partial charge in [0, 0.05) is 17.9 Å². The van der Waals surface area contributed by atoms with E-state index < -0.39 is 6.10 Å². The van der Waals surface area contributed by atoms with Gasteiger partial charge in [-0.3, -0.25) is 9.59 Å². The van der Waals surface area contributed by atoms with Crippen LogP contribution in [-0.4, -0.2) is 35.0 Å². The maximum atomic E-state index is 12.4. The lowest BCUT2D eigenvalue weighted by Crippen LogP contribution is -2.25. The van der Waals surface area contributed by atoms with E-state index in [2.05, 4.69) is 0 Å². The predicted molar refractivity (Wildman–Crippen MR) is 134 cm³/mol. The maximum Gasteiger partial charge on any atom is 0.167 e. The number of rotatable bonds is 13. The van der Waals surface area contributed by atoms with E-state index in [0.29, 0.717) is 25.0 Å². The SMILES string of the molecule is COc1cc(C)c(O)c(C/C=C(\C)CC(=O)/C=C(/C)CCC[C@@H](C)C(=O)[C@H](O)C=C(C)C)c1. The number of hydrogen-bond donors (Lipinski definition) is 2. The van der Waals surface area contributed by atoms with Crippen molar-refractivity contribution in [3.05, 3.63) is 58.2 Å². The predicted octanol–water partition coefficient (Wildman–Crippen LogP) is 5.81. The zero-order valence-electron chi connectivity index (χ0n) is 21.2. The molecule has 0 aliphatic carbocycles. The van der Waals surface area contributed by atoms with Crippen molar-refractivity contribution in [1.82, 2.24) is 0 Å². The number of Topliss-reactive ketones (excluding diaryl/α,β-unsaturated/α-hetero) is 1. The van der Waals surface area contributed by atoms with E-state index in [1.165, 1.54) is 0 Å². The van der Waals surface area contributed by atoms with Gasteiger partial charge in [-0.15, -0.1) is 0 Å². The highest BCUT2D eigenvalue weighted by Gasteiger charge is 2.19. The number of phenolic OH excluding ortho intramolecular Hbond substituents is 1. The summed E-state index contributed by atoms with van der Waals surface area (Å²) in [6.45, 7) is 11.2. The molecule has 1 aromatic carbocycles. The van der Waals surface area contributed by atoms with Gasteiger partial charge in [0.2, 0.25) is 0 Å². The van der Waals surface area contributed by atoms with Gasteiger partial charge in [0.25, 0.3) is 0 Å². The lowest BCUT2D eigenvalue weighted by molar-refractivity contribution is -0.128. The highest BCUT2D eigenvalue weighted by molar-refractivity contribution is 5.92. The molecule has 0 spiro atoms. The van der Waals surface area contributed by atoms with E-state index in [0.717, 1.165) is 40.7 Å². The number of carbonyl (C=O) groups is 2. The summed E-state index contributed by atoms with van der Waals surface area (Å²) in [7, 11) is 1.59. The quantitative estimate of drug-likeness (QED) is 0.289. The molecular formula is C28H40O5. The van der Waals surface area contributed by atoms with Crippen LogP contribution in [0.15, 0.2) is 47.1 Å². The Morgan fingerprint density at radius 3 is 2.39 bits per heavy atom. The number of aliphatic hydroxyl groups is 1. The van der Waals surface area contributed by atoms with Crippen LogP contribution in [0.25, 0.3) is 0 Å². The van der Waals surface area contributed by atoms with Gasteiger partial charge in [-0.25, -0.2) is 0 Å². The third-order valence-electron chi connectivity index (χ3n) is 5.60. The topological polar surface area (TPSA) is 83.8 Å². The zero-order chi connectivity index (χ0) is 25.1. The summed E-state index contributed by atoms with van der Waals surface area (Å²) in [5.41, 5.74) is 4.37. The molecule has 1 rings (SSSR count). The molecule has 0 heterocycles. The zero-order valence-corrected chi connectivity index (χ0v) is 21.2. The summed E-state index contributed by atoms with van der Waals surface area (Å²) in [4.78, 5) is 24.6. The van der Waals surface area contributed by atoms with Crippen LogP contribution in [0, 0.1) is 12.8 Å². The summed E-state index contributed by atoms with van der Waals surface area (Å²) < 4.78 is 5.27. The summed E-state index contributed by atoms with van der Waals surface area (Å²) in [6.07, 6.45) is 7.22. The lowest BCUT2D eigenvalue weighted by atomic mass is 9.94. The normalized spacial score (nSPS) is 13.9. The Hall–Kier alpha value is -2.66. The standard InChI is InChI=1S/C28H40O5/c1-18(2)13-26(30)28(32)21(5)10-8-9-19(3)14-24(29)15-20(4)11-12-23-17-25(33-7)16-22(6)27(23)31/h11,13-14,16-17,21,26,30-31H,8-10,12,15H2,1-7H3/b19-14-,20-11+/t21-,26-/m1/s1. The van der Waals surface area contributed by atoms with Crippen LogP contribution in [-0.2, 0) is 16.0 Å². The van der Waals surface area contributed by atoms with Gasteiger partial charge >= 0.3 is 0 Å². The molecule has 5 heteroatoms. The van der Waals surface area contributed by atoms with Crippen LogP contribution >= 0.6 is 0 Å². The molecule has 0 aliphatic rings. The Morgan fingerprint density at radius 2 is 1.79 bits per heavy atom. The largest absolute Gasteiger partial charge is 0.507 e. The second kappa shape index (κ2) is 13.8. The first-order valence-corrected chi connectivity index (χ1v) is 11.5. The fourth-order valence-electron chi connectivity index (χ4n) is 3.64. The molecule has 0 aliphatic heterocycles. The van der Waals surface area contributed by atoms with Crippen molar-refractivity contribution >= 4 is 11.6 Å². The van der Waals surface area contributed by atoms with Gasteiger partial charge in [0.05, 0.1) is 7.11 Å². The van der Waals surface area contributed by atoms with E-state index in [1.807, 2.05) is 53.7 Å². The Morgan fingerprint density at radius 1 is 1.12 bits per heavy atom. The van der Waals surface area contributed by atoms with E-state index >= 15 is 0 Å². The number of allylic oxidation sites excluding steroid dienone is 5. The number of carbonyl (C=O) groups excluding carboxylic acids is 2. The average molecular weight is 457 g/mol. The van der Waals surface area contributed by atoms with E-state index in [1.54, 1.807) is 25.3 Å². The van der Waals surface area contributed by atoms with Crippen LogP contribution in [0.5, 0.6) is 11.5 Å². The molecular weight excluding hydrogens is 416 g/mol. The average Bonchev–Trinajstić information content (AvgIpc) is 2.73. The van der Waals surface area contributed by atoms with Crippen molar-refractivity contribution in [2.75, 3.05) is 7.11 Å². The summed E-state index contributed by atoms with van der Waals surface area (Å²) in [5.74, 6) is 0.606. The van der Waals surface area contributed by atoms with E-state index in [9.17, 15) is 19.8 Å². The summed E-state index contributed by atoms with van der Waals surface area (Å²) >= 11 is 0. The molecule has 2 N–H and O–H groups in total. The minimum absolute atomic E-state index is 0.0374. The summed E-state index contributed by atoms with van der Waals surface area (Å²) in [6, 6.07) is 3.59. The Balaban J connectivity index is 2.56. The molecule has 33 heavy (non-hydrogen) atoms. The number of aromatic hydroxyl groups is 1. The van der Waals surface area contributed by atoms with Crippen molar-refractivity contribution in [1.29, 1.82) is 0 Å². The number of phenols is 1. The summed E-state index contributed by atoms with van der Waals surface area (Å²) in [5, 5.41) is 20.2. The molecule has 0 fully saturated rings. The molecule has 0 bridgehead atoms. The Kier molecular flexibility index (Phi) is 11.9. The molecule has 182 valence electrons. The lowest BCUT2D eigenvalue weighted by Gasteiger charge is -2.13. The first kappa shape index (κ1) is 28.4. The van der Waals surface area contributed by atoms with Crippen molar-refractivity contribution in [2.45, 2.75) is 79.8 Å². The van der Waals surface area contributed by atoms with E-state index in [4.69, 9.17) is 4.74 Å². The number of ketones is 2. The monoisotopic (exact) mass is 456 g/mol. The van der Waals surface area contributed by atoms with Gasteiger partial charge in [0.15, 0.2) is 11.6 Å². The number of aliphatic hydroxyl groups excluding tert-OH is 1. The van der Waals surface area contributed by atoms with Crippen LogP contribution in [0.3, 0.4) is 0 Å². The van der Waals surface area contributed by atoms with Gasteiger partial charge in [-0.1, -0.05) is 35.8 Å². The van der Waals surface area contributed by atoms with Crippen LogP contribution in [0.4, 0.5) is 0 Å². The van der Waals surface area contributed by atoms with Gasteiger partial charge in [-0.05, 0) is 84.1 Å². The number of hydrogen-bond acceptors (Lipinski definition) is 5. The van der Waals surface area contributed by atoms with Crippen molar-refractivity contribution in [3.63, 3.8) is 0 Å². The molecule has 0 unspecified atom stereocenters. The fraction of sp³-hybridized carbons (Fsp3) is 0.500. The van der Waals surface area contributed by atoms with Crippen LogP contribution < -0.4 is 4.74 Å². The molecule has 2 atom stereocenters.